The van der Waals surface area contributed by atoms with E-state index in [1.165, 1.54) is 31.9 Å². The molecule has 15 heteroatoms. The molecule has 1 amide bonds. The SMILES string of the molecule is CC[C@H]1OC(=O)[C@H](C)C(=O)[C@H](C)[C@@H](O[C@@H]2O[C@H](C)C[C@H](N(C)C)[C@H]2O)[C@@](C)(OC)C[C@@H](C)C(=O)/C(C)=C/[C@]1(C)OC(=O)NCCCSc1nc2ccccc2o1. The van der Waals surface area contributed by atoms with Crippen molar-refractivity contribution in [2.24, 2.45) is 17.8 Å². The molecule has 4 rings (SSSR count). The first kappa shape index (κ1) is 45.4. The zero-order chi connectivity index (χ0) is 41.5. The summed E-state index contributed by atoms with van der Waals surface area (Å²) < 4.78 is 36.4. The van der Waals surface area contributed by atoms with E-state index in [1.807, 2.05) is 50.2 Å². The Morgan fingerprint density at radius 2 is 1.82 bits per heavy atom. The van der Waals surface area contributed by atoms with E-state index in [2.05, 4.69) is 10.3 Å². The molecule has 1 saturated heterocycles. The molecule has 0 saturated carbocycles. The van der Waals surface area contributed by atoms with Gasteiger partial charge in [0.05, 0.1) is 17.8 Å². The molecule has 1 fully saturated rings. The van der Waals surface area contributed by atoms with Gasteiger partial charge in [0.1, 0.15) is 23.6 Å². The van der Waals surface area contributed by atoms with Gasteiger partial charge in [-0.2, -0.15) is 0 Å². The number of esters is 1. The number of hydrogen-bond acceptors (Lipinski definition) is 14. The van der Waals surface area contributed by atoms with Gasteiger partial charge in [0.2, 0.25) is 0 Å². The van der Waals surface area contributed by atoms with E-state index < -0.39 is 71.4 Å². The summed E-state index contributed by atoms with van der Waals surface area (Å²) in [6.45, 7) is 13.7. The Kier molecular flexibility index (Phi) is 15.7. The third kappa shape index (κ3) is 10.8. The number of thioether (sulfide) groups is 1. The fourth-order valence-corrected chi connectivity index (χ4v) is 8.54. The van der Waals surface area contributed by atoms with Crippen LogP contribution in [0.15, 0.2) is 45.6 Å². The number of carbonyl (C=O) groups excluding carboxylic acids is 4. The Bertz CT molecular complexity index is 1680. The molecular weight excluding hydrogens is 743 g/mol. The lowest BCUT2D eigenvalue weighted by molar-refractivity contribution is -0.295. The van der Waals surface area contributed by atoms with Crippen LogP contribution in [0.3, 0.4) is 0 Å². The number of allylic oxidation sites excluding steroid dienone is 1. The van der Waals surface area contributed by atoms with Crippen molar-refractivity contribution in [2.75, 3.05) is 33.5 Å². The molecule has 14 nitrogen and oxygen atoms in total. The van der Waals surface area contributed by atoms with Crippen LogP contribution in [0.25, 0.3) is 11.1 Å². The number of carbonyl (C=O) groups is 4. The third-order valence-electron chi connectivity index (χ3n) is 11.0. The standard InChI is InChI=1S/C41H61N3O11S/c1-12-31-40(7,55-38(49)42-18-15-19-56-39-43-28-16-13-14-17-30(28)52-39)21-23(2)32(45)24(3)22-41(8,50-11)35(26(5)33(46)27(6)36(48)53-31)54-37-34(47)29(44(9)10)20-25(4)51-37/h13-14,16-17,21,24-27,29,31,34-35,37,47H,12,15,18-20,22H2,1-11H3,(H,42,49)/b23-21+/t24-,25-,26+,27-,29+,31-,34-,35-,37+,40+,41+/m1/s1. The number of nitrogens with one attached hydrogen (secondary N) is 1. The van der Waals surface area contributed by atoms with Crippen molar-refractivity contribution in [1.29, 1.82) is 0 Å². The third-order valence-corrected chi connectivity index (χ3v) is 11.9. The Hall–Kier alpha value is -3.34. The molecule has 2 aliphatic heterocycles. The summed E-state index contributed by atoms with van der Waals surface area (Å²) in [5, 5.41) is 14.6. The minimum absolute atomic E-state index is 0.112. The number of para-hydroxylation sites is 2. The predicted molar refractivity (Wildman–Crippen MR) is 211 cm³/mol. The molecule has 0 aliphatic carbocycles. The van der Waals surface area contributed by atoms with Crippen molar-refractivity contribution < 1.29 is 52.4 Å². The van der Waals surface area contributed by atoms with E-state index in [9.17, 15) is 24.3 Å². The normalized spacial score (nSPS) is 34.8. The second-order valence-electron chi connectivity index (χ2n) is 15.8. The molecular formula is C41H61N3O11S. The number of benzene rings is 1. The van der Waals surface area contributed by atoms with Gasteiger partial charge in [0, 0.05) is 37.3 Å². The molecule has 2 aromatic rings. The van der Waals surface area contributed by atoms with Gasteiger partial charge in [0.15, 0.2) is 29.0 Å². The smallest absolute Gasteiger partial charge is 0.408 e. The van der Waals surface area contributed by atoms with Gasteiger partial charge in [-0.3, -0.25) is 14.4 Å². The summed E-state index contributed by atoms with van der Waals surface area (Å²) in [6.07, 6.45) is -2.30. The molecule has 3 heterocycles. The van der Waals surface area contributed by atoms with Crippen LogP contribution < -0.4 is 5.32 Å². The number of ether oxygens (including phenoxy) is 5. The van der Waals surface area contributed by atoms with Crippen molar-refractivity contribution in [2.45, 2.75) is 134 Å². The monoisotopic (exact) mass is 803 g/mol. The summed E-state index contributed by atoms with van der Waals surface area (Å²) in [5.41, 5.74) is -1.08. The van der Waals surface area contributed by atoms with E-state index >= 15 is 0 Å². The number of hydrogen-bond donors (Lipinski definition) is 2. The lowest BCUT2D eigenvalue weighted by Crippen LogP contribution is -2.59. The number of amides is 1. The Morgan fingerprint density at radius 1 is 1.12 bits per heavy atom. The van der Waals surface area contributed by atoms with Crippen LogP contribution in [-0.4, -0.2) is 120 Å². The number of fused-ring (bicyclic) bond motifs is 1. The summed E-state index contributed by atoms with van der Waals surface area (Å²) in [4.78, 5) is 61.7. The number of nitrogens with zero attached hydrogens (tertiary/aromatic N) is 2. The lowest BCUT2D eigenvalue weighted by Gasteiger charge is -2.46. The first-order valence-electron chi connectivity index (χ1n) is 19.5. The molecule has 2 N–H and O–H groups in total. The van der Waals surface area contributed by atoms with Crippen LogP contribution in [0.5, 0.6) is 0 Å². The Labute approximate surface area is 334 Å². The highest BCUT2D eigenvalue weighted by Crippen LogP contribution is 2.38. The highest BCUT2D eigenvalue weighted by Gasteiger charge is 2.50. The summed E-state index contributed by atoms with van der Waals surface area (Å²) in [7, 11) is 5.20. The topological polar surface area (TPSA) is 176 Å². The van der Waals surface area contributed by atoms with Crippen LogP contribution in [0.4, 0.5) is 4.79 Å². The maximum atomic E-state index is 14.2. The molecule has 0 spiro atoms. The molecule has 312 valence electrons. The van der Waals surface area contributed by atoms with Crippen molar-refractivity contribution in [3.05, 3.63) is 35.9 Å². The molecule has 11 atom stereocenters. The maximum absolute atomic E-state index is 14.2. The van der Waals surface area contributed by atoms with E-state index in [1.54, 1.807) is 41.5 Å². The van der Waals surface area contributed by atoms with Crippen molar-refractivity contribution in [1.82, 2.24) is 15.2 Å². The van der Waals surface area contributed by atoms with Gasteiger partial charge >= 0.3 is 12.1 Å². The first-order valence-corrected chi connectivity index (χ1v) is 20.5. The molecule has 2 aliphatic rings. The van der Waals surface area contributed by atoms with E-state index in [4.69, 9.17) is 28.1 Å². The van der Waals surface area contributed by atoms with Crippen molar-refractivity contribution >= 4 is 46.5 Å². The van der Waals surface area contributed by atoms with Crippen LogP contribution in [0.2, 0.25) is 0 Å². The molecule has 1 aromatic carbocycles. The molecule has 0 radical (unpaired) electrons. The van der Waals surface area contributed by atoms with Gasteiger partial charge in [-0.05, 0) is 98.2 Å². The van der Waals surface area contributed by atoms with Crippen molar-refractivity contribution in [3.8, 4) is 0 Å². The van der Waals surface area contributed by atoms with Crippen LogP contribution in [0.1, 0.15) is 81.1 Å². The molecule has 1 aromatic heterocycles. The minimum Gasteiger partial charge on any atom is -0.457 e. The Morgan fingerprint density at radius 3 is 2.46 bits per heavy atom. The predicted octanol–water partition coefficient (Wildman–Crippen LogP) is 5.73. The van der Waals surface area contributed by atoms with Crippen LogP contribution in [-0.2, 0) is 38.1 Å². The number of aliphatic hydroxyl groups excluding tert-OH is 1. The summed E-state index contributed by atoms with van der Waals surface area (Å²) >= 11 is 1.43. The maximum Gasteiger partial charge on any atom is 0.408 e. The van der Waals surface area contributed by atoms with Gasteiger partial charge in [-0.15, -0.1) is 0 Å². The number of alkyl carbamates (subject to hydrolysis) is 1. The number of cyclic esters (lactones) is 1. The van der Waals surface area contributed by atoms with Gasteiger partial charge in [0.25, 0.3) is 5.22 Å². The number of methoxy groups -OCH3 is 1. The highest BCUT2D eigenvalue weighted by atomic mass is 32.2. The fraction of sp³-hybridized carbons (Fsp3) is 0.683. The van der Waals surface area contributed by atoms with Crippen LogP contribution in [0, 0.1) is 17.8 Å². The minimum atomic E-state index is -1.58. The average Bonchev–Trinajstić information content (AvgIpc) is 3.57. The molecule has 0 unspecified atom stereocenters. The number of aliphatic hydroxyl groups is 1. The van der Waals surface area contributed by atoms with Gasteiger partial charge in [-0.25, -0.2) is 9.78 Å². The highest BCUT2D eigenvalue weighted by molar-refractivity contribution is 7.99. The average molecular weight is 804 g/mol. The van der Waals surface area contributed by atoms with Crippen molar-refractivity contribution in [3.63, 3.8) is 0 Å². The zero-order valence-corrected chi connectivity index (χ0v) is 35.5. The quantitative estimate of drug-likeness (QED) is 0.122. The number of aromatic nitrogens is 1. The molecule has 56 heavy (non-hydrogen) atoms. The Balaban J connectivity index is 1.56. The summed E-state index contributed by atoms with van der Waals surface area (Å²) in [6, 6.07) is 7.22. The second-order valence-corrected chi connectivity index (χ2v) is 16.9. The van der Waals surface area contributed by atoms with Gasteiger partial charge < -0.3 is 43.4 Å². The number of ketones is 2. The number of oxazole rings is 1. The van der Waals surface area contributed by atoms with Crippen LogP contribution >= 0.6 is 11.8 Å². The van der Waals surface area contributed by atoms with E-state index in [-0.39, 0.29) is 42.9 Å². The zero-order valence-electron chi connectivity index (χ0n) is 34.7. The second kappa shape index (κ2) is 19.4. The summed E-state index contributed by atoms with van der Waals surface area (Å²) in [5.74, 6) is -3.83. The van der Waals surface area contributed by atoms with E-state index in [0.29, 0.717) is 29.4 Å². The molecule has 0 bridgehead atoms. The lowest BCUT2D eigenvalue weighted by atomic mass is 9.77. The largest absolute Gasteiger partial charge is 0.457 e. The number of Topliss-reactive ketones (excluding diaryl/α,β-unsaturated/α-hetero) is 2. The fourth-order valence-electron chi connectivity index (χ4n) is 7.76. The van der Waals surface area contributed by atoms with Gasteiger partial charge in [-0.1, -0.05) is 44.7 Å². The van der Waals surface area contributed by atoms with E-state index in [0.717, 1.165) is 5.52 Å². The first-order chi connectivity index (χ1) is 26.3. The number of rotatable bonds is 11. The number of likely N-dealkylation sites (N-methyl/N-ethyl adjacent to an activating group) is 1.